The fraction of sp³-hybridized carbons (Fsp3) is 0.583. The Kier molecular flexibility index (Phi) is 3.35. The van der Waals surface area contributed by atoms with Gasteiger partial charge in [-0.2, -0.15) is 5.26 Å². The lowest BCUT2D eigenvalue weighted by atomic mass is 10.3. The van der Waals surface area contributed by atoms with E-state index in [4.69, 9.17) is 5.26 Å². The van der Waals surface area contributed by atoms with Gasteiger partial charge in [0.2, 0.25) is 0 Å². The van der Waals surface area contributed by atoms with Crippen molar-refractivity contribution in [1.29, 1.82) is 5.26 Å². The molecule has 84 valence electrons. The van der Waals surface area contributed by atoms with Crippen LogP contribution in [-0.2, 0) is 0 Å². The lowest BCUT2D eigenvalue weighted by Gasteiger charge is -2.22. The normalized spacial score (nSPS) is 14.5. The third kappa shape index (κ3) is 2.69. The molecule has 0 aliphatic heterocycles. The number of nitriles is 1. The van der Waals surface area contributed by atoms with Gasteiger partial charge in [-0.1, -0.05) is 6.92 Å². The van der Waals surface area contributed by atoms with Crippen LogP contribution in [0.3, 0.4) is 0 Å². The quantitative estimate of drug-likeness (QED) is 0.755. The molecule has 16 heavy (non-hydrogen) atoms. The molecule has 1 saturated carbocycles. The maximum absolute atomic E-state index is 8.66. The van der Waals surface area contributed by atoms with Gasteiger partial charge in [0.1, 0.15) is 11.9 Å². The zero-order chi connectivity index (χ0) is 11.4. The van der Waals surface area contributed by atoms with Crippen LogP contribution in [-0.4, -0.2) is 23.1 Å². The lowest BCUT2D eigenvalue weighted by Crippen LogP contribution is -2.27. The summed E-state index contributed by atoms with van der Waals surface area (Å²) in [6.07, 6.45) is 7.03. The zero-order valence-electron chi connectivity index (χ0n) is 9.56. The highest BCUT2D eigenvalue weighted by atomic mass is 15.2. The van der Waals surface area contributed by atoms with E-state index in [0.29, 0.717) is 5.69 Å². The third-order valence-electron chi connectivity index (χ3n) is 2.75. The molecule has 2 rings (SSSR count). The number of aromatic nitrogens is 2. The first-order chi connectivity index (χ1) is 7.83. The van der Waals surface area contributed by atoms with E-state index < -0.39 is 0 Å². The molecule has 4 nitrogen and oxygen atoms in total. The van der Waals surface area contributed by atoms with Crippen LogP contribution < -0.4 is 4.90 Å². The van der Waals surface area contributed by atoms with E-state index >= 15 is 0 Å². The van der Waals surface area contributed by atoms with Crippen LogP contribution in [0.1, 0.15) is 31.9 Å². The van der Waals surface area contributed by atoms with E-state index in [1.54, 1.807) is 12.4 Å². The topological polar surface area (TPSA) is 52.8 Å². The molecule has 1 aromatic heterocycles. The average molecular weight is 216 g/mol. The molecule has 1 fully saturated rings. The van der Waals surface area contributed by atoms with E-state index in [2.05, 4.69) is 21.8 Å². The lowest BCUT2D eigenvalue weighted by molar-refractivity contribution is 0.697. The Labute approximate surface area is 95.9 Å². The van der Waals surface area contributed by atoms with Gasteiger partial charge in [0, 0.05) is 13.1 Å². The van der Waals surface area contributed by atoms with E-state index in [-0.39, 0.29) is 0 Å². The first-order valence-corrected chi connectivity index (χ1v) is 5.80. The molecule has 0 spiro atoms. The third-order valence-corrected chi connectivity index (χ3v) is 2.75. The van der Waals surface area contributed by atoms with Gasteiger partial charge in [-0.15, -0.1) is 0 Å². The Hall–Kier alpha value is -1.63. The highest BCUT2D eigenvalue weighted by molar-refractivity contribution is 5.37. The fourth-order valence-corrected chi connectivity index (χ4v) is 1.72. The van der Waals surface area contributed by atoms with Crippen LogP contribution in [0.4, 0.5) is 5.82 Å². The second-order valence-corrected chi connectivity index (χ2v) is 4.26. The van der Waals surface area contributed by atoms with E-state index in [1.807, 2.05) is 6.07 Å². The van der Waals surface area contributed by atoms with Crippen LogP contribution >= 0.6 is 0 Å². The van der Waals surface area contributed by atoms with E-state index in [0.717, 1.165) is 31.2 Å². The molecule has 0 saturated heterocycles. The van der Waals surface area contributed by atoms with Crippen molar-refractivity contribution < 1.29 is 0 Å². The van der Waals surface area contributed by atoms with Crippen molar-refractivity contribution in [1.82, 2.24) is 9.97 Å². The average Bonchev–Trinajstić information content (AvgIpc) is 3.13. The van der Waals surface area contributed by atoms with E-state index in [9.17, 15) is 0 Å². The van der Waals surface area contributed by atoms with Crippen molar-refractivity contribution in [2.45, 2.75) is 26.2 Å². The molecule has 0 aromatic carbocycles. The molecule has 1 aliphatic carbocycles. The smallest absolute Gasteiger partial charge is 0.158 e. The van der Waals surface area contributed by atoms with Gasteiger partial charge in [0.15, 0.2) is 5.69 Å². The second kappa shape index (κ2) is 4.93. The highest BCUT2D eigenvalue weighted by Gasteiger charge is 2.24. The van der Waals surface area contributed by atoms with Crippen molar-refractivity contribution in [3.8, 4) is 6.07 Å². The number of rotatable bonds is 5. The Balaban J connectivity index is 2.07. The Morgan fingerprint density at radius 1 is 1.44 bits per heavy atom. The molecule has 1 aromatic rings. The van der Waals surface area contributed by atoms with Gasteiger partial charge in [-0.05, 0) is 25.2 Å². The summed E-state index contributed by atoms with van der Waals surface area (Å²) in [6.45, 7) is 4.25. The standard InChI is InChI=1S/C12H16N4/c1-2-5-16(9-10-3-4-10)12-8-14-11(6-13)7-15-12/h7-8,10H,2-5,9H2,1H3. The maximum atomic E-state index is 8.66. The monoisotopic (exact) mass is 216 g/mol. The molecule has 0 unspecified atom stereocenters. The minimum atomic E-state index is 0.381. The molecule has 0 N–H and O–H groups in total. The van der Waals surface area contributed by atoms with Crippen molar-refractivity contribution >= 4 is 5.82 Å². The summed E-state index contributed by atoms with van der Waals surface area (Å²) in [5, 5.41) is 8.66. The molecule has 0 radical (unpaired) electrons. The zero-order valence-corrected chi connectivity index (χ0v) is 9.56. The summed E-state index contributed by atoms with van der Waals surface area (Å²) in [5.74, 6) is 1.73. The first kappa shape index (κ1) is 10.9. The molecule has 1 heterocycles. The van der Waals surface area contributed by atoms with Crippen LogP contribution in [0.5, 0.6) is 0 Å². The predicted octanol–water partition coefficient (Wildman–Crippen LogP) is 1.97. The molecule has 4 heteroatoms. The minimum Gasteiger partial charge on any atom is -0.355 e. The van der Waals surface area contributed by atoms with Crippen LogP contribution in [0.15, 0.2) is 12.4 Å². The second-order valence-electron chi connectivity index (χ2n) is 4.26. The summed E-state index contributed by atoms with van der Waals surface area (Å²) in [7, 11) is 0. The van der Waals surface area contributed by atoms with Crippen LogP contribution in [0, 0.1) is 17.2 Å². The predicted molar refractivity (Wildman–Crippen MR) is 62.0 cm³/mol. The van der Waals surface area contributed by atoms with Crippen LogP contribution in [0.2, 0.25) is 0 Å². The van der Waals surface area contributed by atoms with Crippen LogP contribution in [0.25, 0.3) is 0 Å². The number of hydrogen-bond acceptors (Lipinski definition) is 4. The Morgan fingerprint density at radius 2 is 2.25 bits per heavy atom. The summed E-state index contributed by atoms with van der Waals surface area (Å²) >= 11 is 0. The summed E-state index contributed by atoms with van der Waals surface area (Å²) in [5.41, 5.74) is 0.381. The van der Waals surface area contributed by atoms with E-state index in [1.165, 1.54) is 12.8 Å². The van der Waals surface area contributed by atoms with Gasteiger partial charge < -0.3 is 4.90 Å². The van der Waals surface area contributed by atoms with Gasteiger partial charge in [0.05, 0.1) is 12.4 Å². The van der Waals surface area contributed by atoms with Gasteiger partial charge >= 0.3 is 0 Å². The van der Waals surface area contributed by atoms with Gasteiger partial charge in [-0.3, -0.25) is 0 Å². The highest BCUT2D eigenvalue weighted by Crippen LogP contribution is 2.30. The molecule has 1 aliphatic rings. The van der Waals surface area contributed by atoms with Gasteiger partial charge in [-0.25, -0.2) is 9.97 Å². The number of anilines is 1. The number of hydrogen-bond donors (Lipinski definition) is 0. The number of nitrogens with zero attached hydrogens (tertiary/aromatic N) is 4. The fourth-order valence-electron chi connectivity index (χ4n) is 1.72. The SMILES string of the molecule is CCCN(CC1CC1)c1cnc(C#N)cn1. The maximum Gasteiger partial charge on any atom is 0.158 e. The molecular weight excluding hydrogens is 200 g/mol. The van der Waals surface area contributed by atoms with Crippen molar-refractivity contribution in [2.75, 3.05) is 18.0 Å². The summed E-state index contributed by atoms with van der Waals surface area (Å²) < 4.78 is 0. The molecule has 0 bridgehead atoms. The van der Waals surface area contributed by atoms with Crippen molar-refractivity contribution in [3.05, 3.63) is 18.1 Å². The summed E-state index contributed by atoms with van der Waals surface area (Å²) in [4.78, 5) is 10.6. The summed E-state index contributed by atoms with van der Waals surface area (Å²) in [6, 6.07) is 1.99. The van der Waals surface area contributed by atoms with Crippen molar-refractivity contribution in [3.63, 3.8) is 0 Å². The van der Waals surface area contributed by atoms with Crippen molar-refractivity contribution in [2.24, 2.45) is 5.92 Å². The van der Waals surface area contributed by atoms with Gasteiger partial charge in [0.25, 0.3) is 0 Å². The molecule has 0 amide bonds. The Bertz CT molecular complexity index is 375. The molecular formula is C12H16N4. The largest absolute Gasteiger partial charge is 0.355 e. The molecule has 0 atom stereocenters. The first-order valence-electron chi connectivity index (χ1n) is 5.80. The Morgan fingerprint density at radius 3 is 2.75 bits per heavy atom. The minimum absolute atomic E-state index is 0.381.